The van der Waals surface area contributed by atoms with Crippen molar-refractivity contribution >= 4 is 11.8 Å². The predicted molar refractivity (Wildman–Crippen MR) is 43.6 cm³/mol. The molecule has 0 amide bonds. The number of hydrogen-bond donors (Lipinski definition) is 0. The molecule has 0 bridgehead atoms. The number of benzene rings is 1. The van der Waals surface area contributed by atoms with Crippen LogP contribution in [-0.4, -0.2) is 11.3 Å². The Morgan fingerprint density at radius 3 is 2.91 bits per heavy atom. The third-order valence-electron chi connectivity index (χ3n) is 1.77. The minimum atomic E-state index is 0.469. The van der Waals surface area contributed by atoms with E-state index in [-0.39, 0.29) is 0 Å². The Balaban J connectivity index is 2.63. The van der Waals surface area contributed by atoms with Crippen LogP contribution in [0.3, 0.4) is 0 Å². The molecule has 0 aliphatic carbocycles. The topological polar surface area (TPSA) is 20.1 Å². The van der Waals surface area contributed by atoms with Crippen molar-refractivity contribution in [2.75, 3.05) is 6.54 Å². The van der Waals surface area contributed by atoms with Crippen molar-refractivity contribution in [2.45, 2.75) is 0 Å². The zero-order valence-electron chi connectivity index (χ0n) is 6.03. The molecular weight excluding hydrogens is 138 g/mol. The fourth-order valence-electron chi connectivity index (χ4n) is 1.23. The van der Waals surface area contributed by atoms with Crippen LogP contribution in [0.2, 0.25) is 0 Å². The normalized spacial score (nSPS) is 14.7. The van der Waals surface area contributed by atoms with Gasteiger partial charge in [-0.2, -0.15) is 0 Å². The molecule has 0 saturated heterocycles. The molecule has 0 N–H and O–H groups in total. The van der Waals surface area contributed by atoms with Gasteiger partial charge in [-0.3, -0.25) is 0 Å². The largest absolute Gasteiger partial charge is 0.263 e. The Hall–Kier alpha value is -1.44. The van der Waals surface area contributed by atoms with Crippen LogP contribution in [-0.2, 0) is 0 Å². The monoisotopic (exact) mass is 146 g/mol. The molecule has 1 aliphatic heterocycles. The van der Waals surface area contributed by atoms with Crippen LogP contribution in [0.1, 0.15) is 5.56 Å². The molecule has 11 heavy (non-hydrogen) atoms. The molecule has 0 unspecified atom stereocenters. The van der Waals surface area contributed by atoms with E-state index < -0.39 is 0 Å². The standard InChI is InChI=1S/C9H8NO/c11-10-7-3-5-8-4-1-2-6-9(8)10/h1-6H,7H2/q+1. The lowest BCUT2D eigenvalue weighted by molar-refractivity contribution is -0.452. The zero-order valence-corrected chi connectivity index (χ0v) is 6.03. The molecule has 54 valence electrons. The first-order valence-electron chi connectivity index (χ1n) is 3.58. The van der Waals surface area contributed by atoms with Crippen molar-refractivity contribution < 1.29 is 4.76 Å². The number of rotatable bonds is 0. The van der Waals surface area contributed by atoms with Gasteiger partial charge in [-0.05, 0) is 18.2 Å². The van der Waals surface area contributed by atoms with Gasteiger partial charge in [0.15, 0.2) is 0 Å². The second-order valence-corrected chi connectivity index (χ2v) is 2.52. The number of nitroso groups, excluding NO2 is 1. The molecule has 0 saturated carbocycles. The highest BCUT2D eigenvalue weighted by molar-refractivity contribution is 5.61. The van der Waals surface area contributed by atoms with Crippen molar-refractivity contribution in [3.63, 3.8) is 0 Å². The van der Waals surface area contributed by atoms with E-state index in [2.05, 4.69) is 0 Å². The SMILES string of the molecule is O=[N+]1CC=Cc2ccccc21. The number of hydrogen-bond acceptors (Lipinski definition) is 1. The molecule has 2 nitrogen and oxygen atoms in total. The highest BCUT2D eigenvalue weighted by Gasteiger charge is 2.18. The van der Waals surface area contributed by atoms with Crippen molar-refractivity contribution in [3.8, 4) is 0 Å². The van der Waals surface area contributed by atoms with E-state index in [9.17, 15) is 4.91 Å². The summed E-state index contributed by atoms with van der Waals surface area (Å²) < 4.78 is 0.995. The summed E-state index contributed by atoms with van der Waals surface area (Å²) in [6.07, 6.45) is 3.85. The molecule has 1 aliphatic rings. The van der Waals surface area contributed by atoms with Gasteiger partial charge in [-0.15, -0.1) is 0 Å². The van der Waals surface area contributed by atoms with Gasteiger partial charge in [0.05, 0.1) is 5.56 Å². The summed E-state index contributed by atoms with van der Waals surface area (Å²) in [4.78, 5) is 11.2. The third-order valence-corrected chi connectivity index (χ3v) is 1.77. The van der Waals surface area contributed by atoms with Gasteiger partial charge in [0.1, 0.15) is 0 Å². The first-order chi connectivity index (χ1) is 5.38. The van der Waals surface area contributed by atoms with Crippen LogP contribution in [0.5, 0.6) is 0 Å². The van der Waals surface area contributed by atoms with Crippen LogP contribution in [0.25, 0.3) is 6.08 Å². The maximum atomic E-state index is 11.2. The van der Waals surface area contributed by atoms with Gasteiger partial charge in [0.2, 0.25) is 6.54 Å². The second-order valence-electron chi connectivity index (χ2n) is 2.52. The van der Waals surface area contributed by atoms with E-state index in [1.54, 1.807) is 0 Å². The van der Waals surface area contributed by atoms with Crippen molar-refractivity contribution in [3.05, 3.63) is 40.8 Å². The van der Waals surface area contributed by atoms with Crippen LogP contribution in [0.15, 0.2) is 30.3 Å². The Morgan fingerprint density at radius 2 is 2.09 bits per heavy atom. The number of fused-ring (bicyclic) bond motifs is 1. The van der Waals surface area contributed by atoms with E-state index in [0.29, 0.717) is 6.54 Å². The Kier molecular flexibility index (Phi) is 1.32. The highest BCUT2D eigenvalue weighted by Crippen LogP contribution is 2.22. The van der Waals surface area contributed by atoms with Gasteiger partial charge in [0, 0.05) is 15.7 Å². The van der Waals surface area contributed by atoms with E-state index in [1.165, 1.54) is 0 Å². The summed E-state index contributed by atoms with van der Waals surface area (Å²) >= 11 is 0. The fraction of sp³-hybridized carbons (Fsp3) is 0.111. The summed E-state index contributed by atoms with van der Waals surface area (Å²) in [5.74, 6) is 0. The summed E-state index contributed by atoms with van der Waals surface area (Å²) in [7, 11) is 0. The minimum absolute atomic E-state index is 0.469. The van der Waals surface area contributed by atoms with Crippen molar-refractivity contribution in [1.82, 2.24) is 0 Å². The zero-order chi connectivity index (χ0) is 7.68. The van der Waals surface area contributed by atoms with Gasteiger partial charge in [-0.1, -0.05) is 12.1 Å². The Morgan fingerprint density at radius 1 is 1.27 bits per heavy atom. The molecule has 0 aromatic heterocycles. The lowest BCUT2D eigenvalue weighted by Crippen LogP contribution is -2.05. The van der Waals surface area contributed by atoms with Crippen LogP contribution >= 0.6 is 0 Å². The highest BCUT2D eigenvalue weighted by atomic mass is 16.3. The average molecular weight is 146 g/mol. The Bertz CT molecular complexity index is 328. The summed E-state index contributed by atoms with van der Waals surface area (Å²) in [5.41, 5.74) is 1.78. The van der Waals surface area contributed by atoms with Gasteiger partial charge in [0.25, 0.3) is 5.69 Å². The molecule has 0 atom stereocenters. The van der Waals surface area contributed by atoms with E-state index >= 15 is 0 Å². The minimum Gasteiger partial charge on any atom is -0.0612 e. The lowest BCUT2D eigenvalue weighted by atomic mass is 10.1. The van der Waals surface area contributed by atoms with Crippen LogP contribution < -0.4 is 0 Å². The number of nitrogens with zero attached hydrogens (tertiary/aromatic N) is 1. The molecule has 2 heteroatoms. The maximum Gasteiger partial charge on any atom is 0.263 e. The second kappa shape index (κ2) is 2.31. The third kappa shape index (κ3) is 0.963. The molecular formula is C9H8NO+. The fourth-order valence-corrected chi connectivity index (χ4v) is 1.23. The molecule has 1 aromatic carbocycles. The molecule has 1 aromatic rings. The van der Waals surface area contributed by atoms with Crippen LogP contribution in [0, 0.1) is 4.91 Å². The molecule has 0 spiro atoms. The predicted octanol–water partition coefficient (Wildman–Crippen LogP) is 2.12. The molecule has 2 rings (SSSR count). The Labute approximate surface area is 64.7 Å². The first-order valence-corrected chi connectivity index (χ1v) is 3.58. The van der Waals surface area contributed by atoms with E-state index in [1.807, 2.05) is 36.4 Å². The summed E-state index contributed by atoms with van der Waals surface area (Å²) in [6.45, 7) is 0.469. The summed E-state index contributed by atoms with van der Waals surface area (Å²) in [6, 6.07) is 7.59. The molecule has 0 radical (unpaired) electrons. The first kappa shape index (κ1) is 6.28. The smallest absolute Gasteiger partial charge is 0.0612 e. The van der Waals surface area contributed by atoms with Gasteiger partial charge in [-0.25, -0.2) is 0 Å². The number of para-hydroxylation sites is 1. The van der Waals surface area contributed by atoms with Crippen molar-refractivity contribution in [2.24, 2.45) is 0 Å². The van der Waals surface area contributed by atoms with Crippen molar-refractivity contribution in [1.29, 1.82) is 0 Å². The van der Waals surface area contributed by atoms with Gasteiger partial charge >= 0.3 is 0 Å². The van der Waals surface area contributed by atoms with Crippen LogP contribution in [0.4, 0.5) is 5.69 Å². The lowest BCUT2D eigenvalue weighted by Gasteiger charge is -1.99. The van der Waals surface area contributed by atoms with Gasteiger partial charge < -0.3 is 0 Å². The van der Waals surface area contributed by atoms with E-state index in [0.717, 1.165) is 16.0 Å². The average Bonchev–Trinajstić information content (AvgIpc) is 2.06. The maximum absolute atomic E-state index is 11.2. The quantitative estimate of drug-likeness (QED) is 0.513. The summed E-state index contributed by atoms with van der Waals surface area (Å²) in [5, 5.41) is 0. The molecule has 0 fully saturated rings. The van der Waals surface area contributed by atoms with E-state index in [4.69, 9.17) is 0 Å². The molecule has 1 heterocycles.